The summed E-state index contributed by atoms with van der Waals surface area (Å²) in [6, 6.07) is 0. The SMILES string of the molecule is CCCCC/C=C/C=C/Cl. The third-order valence-corrected chi connectivity index (χ3v) is 1.44. The second-order valence-electron chi connectivity index (χ2n) is 2.24. The minimum Gasteiger partial charge on any atom is -0.0930 e. The summed E-state index contributed by atoms with van der Waals surface area (Å²) in [6.07, 6.45) is 11.1. The minimum atomic E-state index is 1.18. The first-order valence-corrected chi connectivity index (χ1v) is 4.27. The molecular formula is C9H15Cl. The van der Waals surface area contributed by atoms with Gasteiger partial charge in [-0.3, -0.25) is 0 Å². The van der Waals surface area contributed by atoms with Crippen LogP contribution in [0.4, 0.5) is 0 Å². The fourth-order valence-electron chi connectivity index (χ4n) is 0.729. The summed E-state index contributed by atoms with van der Waals surface area (Å²) in [5, 5.41) is 0. The van der Waals surface area contributed by atoms with Crippen molar-refractivity contribution in [2.24, 2.45) is 0 Å². The zero-order valence-corrected chi connectivity index (χ0v) is 7.27. The highest BCUT2D eigenvalue weighted by Crippen LogP contribution is 1.99. The molecule has 58 valence electrons. The predicted molar refractivity (Wildman–Crippen MR) is 48.3 cm³/mol. The lowest BCUT2D eigenvalue weighted by molar-refractivity contribution is 0.729. The summed E-state index contributed by atoms with van der Waals surface area (Å²) in [6.45, 7) is 2.21. The summed E-state index contributed by atoms with van der Waals surface area (Å²) in [4.78, 5) is 0. The van der Waals surface area contributed by atoms with Crippen LogP contribution in [0.15, 0.2) is 23.8 Å². The van der Waals surface area contributed by atoms with Crippen molar-refractivity contribution in [1.29, 1.82) is 0 Å². The van der Waals surface area contributed by atoms with Crippen molar-refractivity contribution < 1.29 is 0 Å². The molecule has 0 aromatic heterocycles. The molecule has 0 saturated carbocycles. The van der Waals surface area contributed by atoms with Crippen LogP contribution in [0, 0.1) is 0 Å². The van der Waals surface area contributed by atoms with Gasteiger partial charge >= 0.3 is 0 Å². The molecule has 0 fully saturated rings. The molecule has 0 aliphatic heterocycles. The quantitative estimate of drug-likeness (QED) is 0.421. The molecule has 0 aliphatic carbocycles. The first-order valence-electron chi connectivity index (χ1n) is 3.83. The Bertz CT molecular complexity index is 103. The summed E-state index contributed by atoms with van der Waals surface area (Å²) in [5.74, 6) is 0. The number of halogens is 1. The summed E-state index contributed by atoms with van der Waals surface area (Å²) >= 11 is 5.31. The van der Waals surface area contributed by atoms with E-state index < -0.39 is 0 Å². The van der Waals surface area contributed by atoms with Crippen LogP contribution >= 0.6 is 11.6 Å². The smallest absolute Gasteiger partial charge is 0.00423 e. The molecule has 0 aromatic carbocycles. The van der Waals surface area contributed by atoms with Gasteiger partial charge in [-0.1, -0.05) is 49.6 Å². The molecule has 0 N–H and O–H groups in total. The molecule has 10 heavy (non-hydrogen) atoms. The molecule has 0 atom stereocenters. The van der Waals surface area contributed by atoms with Gasteiger partial charge < -0.3 is 0 Å². The van der Waals surface area contributed by atoms with E-state index in [-0.39, 0.29) is 0 Å². The fourth-order valence-corrected chi connectivity index (χ4v) is 0.813. The lowest BCUT2D eigenvalue weighted by Crippen LogP contribution is -1.69. The minimum absolute atomic E-state index is 1.18. The van der Waals surface area contributed by atoms with Crippen molar-refractivity contribution in [2.75, 3.05) is 0 Å². The predicted octanol–water partition coefficient (Wildman–Crippen LogP) is 3.88. The lowest BCUT2D eigenvalue weighted by Gasteiger charge is -1.89. The van der Waals surface area contributed by atoms with E-state index in [2.05, 4.69) is 13.0 Å². The van der Waals surface area contributed by atoms with Crippen LogP contribution in [-0.4, -0.2) is 0 Å². The first kappa shape index (κ1) is 9.77. The van der Waals surface area contributed by atoms with Gasteiger partial charge in [-0.25, -0.2) is 0 Å². The van der Waals surface area contributed by atoms with Gasteiger partial charge in [0.05, 0.1) is 0 Å². The maximum Gasteiger partial charge on any atom is 0.00423 e. The Kier molecular flexibility index (Phi) is 8.57. The molecule has 0 bridgehead atoms. The van der Waals surface area contributed by atoms with Crippen LogP contribution in [-0.2, 0) is 0 Å². The van der Waals surface area contributed by atoms with Crippen molar-refractivity contribution in [3.8, 4) is 0 Å². The van der Waals surface area contributed by atoms with Crippen molar-refractivity contribution in [1.82, 2.24) is 0 Å². The van der Waals surface area contributed by atoms with Crippen LogP contribution in [0.2, 0.25) is 0 Å². The Morgan fingerprint density at radius 3 is 2.60 bits per heavy atom. The molecule has 0 saturated heterocycles. The largest absolute Gasteiger partial charge is 0.0930 e. The Morgan fingerprint density at radius 1 is 1.20 bits per heavy atom. The standard InChI is InChI=1S/C9H15Cl/c1-2-3-4-5-6-7-8-9-10/h6-9H,2-5H2,1H3/b7-6+,9-8+. The van der Waals surface area contributed by atoms with Gasteiger partial charge in [-0.2, -0.15) is 0 Å². The molecule has 0 amide bonds. The van der Waals surface area contributed by atoms with Crippen molar-refractivity contribution in [3.05, 3.63) is 23.8 Å². The fraction of sp³-hybridized carbons (Fsp3) is 0.556. The van der Waals surface area contributed by atoms with E-state index >= 15 is 0 Å². The van der Waals surface area contributed by atoms with Crippen molar-refractivity contribution in [3.63, 3.8) is 0 Å². The summed E-state index contributed by atoms with van der Waals surface area (Å²) in [5.41, 5.74) is 1.52. The highest BCUT2D eigenvalue weighted by atomic mass is 35.5. The van der Waals surface area contributed by atoms with Crippen molar-refractivity contribution in [2.45, 2.75) is 32.6 Å². The van der Waals surface area contributed by atoms with Gasteiger partial charge in [0.15, 0.2) is 0 Å². The van der Waals surface area contributed by atoms with E-state index in [0.717, 1.165) is 0 Å². The molecule has 0 aliphatic rings. The molecule has 0 nitrogen and oxygen atoms in total. The number of allylic oxidation sites excluding steroid dienone is 3. The monoisotopic (exact) mass is 158 g/mol. The van der Waals surface area contributed by atoms with Gasteiger partial charge in [0.1, 0.15) is 0 Å². The molecule has 0 aromatic rings. The maximum absolute atomic E-state index is 5.31. The molecule has 1 heteroatoms. The lowest BCUT2D eigenvalue weighted by atomic mass is 10.2. The van der Waals surface area contributed by atoms with E-state index in [4.69, 9.17) is 11.6 Å². The molecule has 0 rings (SSSR count). The second kappa shape index (κ2) is 8.77. The van der Waals surface area contributed by atoms with E-state index in [1.165, 1.54) is 31.2 Å². The topological polar surface area (TPSA) is 0 Å². The maximum atomic E-state index is 5.31. The van der Waals surface area contributed by atoms with Crippen LogP contribution in [0.25, 0.3) is 0 Å². The summed E-state index contributed by atoms with van der Waals surface area (Å²) < 4.78 is 0. The molecule has 0 radical (unpaired) electrons. The van der Waals surface area contributed by atoms with E-state index in [0.29, 0.717) is 0 Å². The highest BCUT2D eigenvalue weighted by Gasteiger charge is 1.79. The molecule has 0 unspecified atom stereocenters. The first-order chi connectivity index (χ1) is 4.91. The average Bonchev–Trinajstić information content (AvgIpc) is 1.97. The van der Waals surface area contributed by atoms with Crippen LogP contribution in [0.1, 0.15) is 32.6 Å². The molecule has 0 spiro atoms. The Labute approximate surface area is 68.6 Å². The van der Waals surface area contributed by atoms with Gasteiger partial charge in [-0.05, 0) is 12.8 Å². The Morgan fingerprint density at radius 2 is 2.00 bits per heavy atom. The average molecular weight is 159 g/mol. The second-order valence-corrected chi connectivity index (χ2v) is 2.49. The Balaban J connectivity index is 3.02. The normalized spacial score (nSPS) is 11.8. The van der Waals surface area contributed by atoms with E-state index in [1.807, 2.05) is 12.2 Å². The van der Waals surface area contributed by atoms with Gasteiger partial charge in [-0.15, -0.1) is 0 Å². The van der Waals surface area contributed by atoms with Gasteiger partial charge in [0.25, 0.3) is 0 Å². The zero-order chi connectivity index (χ0) is 7.66. The Hall–Kier alpha value is -0.230. The van der Waals surface area contributed by atoms with Crippen LogP contribution in [0.5, 0.6) is 0 Å². The third-order valence-electron chi connectivity index (χ3n) is 1.29. The zero-order valence-electron chi connectivity index (χ0n) is 6.52. The number of hydrogen-bond acceptors (Lipinski definition) is 0. The van der Waals surface area contributed by atoms with E-state index in [1.54, 1.807) is 0 Å². The summed E-state index contributed by atoms with van der Waals surface area (Å²) in [7, 11) is 0. The van der Waals surface area contributed by atoms with Crippen molar-refractivity contribution >= 4 is 11.6 Å². The number of hydrogen-bond donors (Lipinski definition) is 0. The van der Waals surface area contributed by atoms with Crippen LogP contribution < -0.4 is 0 Å². The van der Waals surface area contributed by atoms with Gasteiger partial charge in [0, 0.05) is 5.54 Å². The third kappa shape index (κ3) is 7.77. The molecular weight excluding hydrogens is 144 g/mol. The highest BCUT2D eigenvalue weighted by molar-refractivity contribution is 6.25. The van der Waals surface area contributed by atoms with E-state index in [9.17, 15) is 0 Å². The number of unbranched alkanes of at least 4 members (excludes halogenated alkanes) is 3. The van der Waals surface area contributed by atoms with Crippen LogP contribution in [0.3, 0.4) is 0 Å². The molecule has 0 heterocycles. The number of rotatable bonds is 5. The van der Waals surface area contributed by atoms with Gasteiger partial charge in [0.2, 0.25) is 0 Å².